The molecule has 2 aromatic carbocycles. The van der Waals surface area contributed by atoms with Crippen LogP contribution in [0.3, 0.4) is 0 Å². The SMILES string of the molecule is CS(=O)(=O)NCc1ccc2c(c1)CCN2C(=O)c1ccccc1. The van der Waals surface area contributed by atoms with Crippen LogP contribution >= 0.6 is 0 Å². The summed E-state index contributed by atoms with van der Waals surface area (Å²) in [4.78, 5) is 14.4. The van der Waals surface area contributed by atoms with Gasteiger partial charge in [-0.2, -0.15) is 0 Å². The van der Waals surface area contributed by atoms with E-state index in [1.807, 2.05) is 48.5 Å². The number of rotatable bonds is 4. The van der Waals surface area contributed by atoms with Gasteiger partial charge in [0.25, 0.3) is 5.91 Å². The Kier molecular flexibility index (Phi) is 4.19. The summed E-state index contributed by atoms with van der Waals surface area (Å²) in [5.74, 6) is -0.00800. The highest BCUT2D eigenvalue weighted by Crippen LogP contribution is 2.30. The van der Waals surface area contributed by atoms with E-state index in [1.54, 1.807) is 4.90 Å². The van der Waals surface area contributed by atoms with Crippen molar-refractivity contribution in [1.82, 2.24) is 4.72 Å². The zero-order valence-electron chi connectivity index (χ0n) is 12.8. The van der Waals surface area contributed by atoms with Gasteiger partial charge in [-0.3, -0.25) is 4.79 Å². The van der Waals surface area contributed by atoms with Gasteiger partial charge in [0.05, 0.1) is 6.26 Å². The summed E-state index contributed by atoms with van der Waals surface area (Å²) in [6, 6.07) is 14.9. The van der Waals surface area contributed by atoms with Crippen LogP contribution in [0, 0.1) is 0 Å². The summed E-state index contributed by atoms with van der Waals surface area (Å²) in [5, 5.41) is 0. The van der Waals surface area contributed by atoms with Crippen LogP contribution in [-0.4, -0.2) is 27.1 Å². The molecule has 0 bridgehead atoms. The molecule has 0 radical (unpaired) electrons. The highest BCUT2D eigenvalue weighted by molar-refractivity contribution is 7.88. The van der Waals surface area contributed by atoms with Gasteiger partial charge in [0.2, 0.25) is 10.0 Å². The molecule has 0 spiro atoms. The Bertz CT molecular complexity index is 832. The van der Waals surface area contributed by atoms with E-state index in [2.05, 4.69) is 4.72 Å². The maximum atomic E-state index is 12.6. The fourth-order valence-electron chi connectivity index (χ4n) is 2.73. The largest absolute Gasteiger partial charge is 0.308 e. The van der Waals surface area contributed by atoms with Crippen molar-refractivity contribution in [3.8, 4) is 0 Å². The number of anilines is 1. The van der Waals surface area contributed by atoms with Crippen LogP contribution in [0.2, 0.25) is 0 Å². The number of amides is 1. The lowest BCUT2D eigenvalue weighted by molar-refractivity contribution is 0.0989. The number of nitrogens with zero attached hydrogens (tertiary/aromatic N) is 1. The molecule has 1 aliphatic heterocycles. The smallest absolute Gasteiger partial charge is 0.258 e. The van der Waals surface area contributed by atoms with Crippen LogP contribution in [0.4, 0.5) is 5.69 Å². The Morgan fingerprint density at radius 3 is 2.61 bits per heavy atom. The lowest BCUT2D eigenvalue weighted by Gasteiger charge is -2.17. The first kappa shape index (κ1) is 15.7. The van der Waals surface area contributed by atoms with Gasteiger partial charge < -0.3 is 4.90 Å². The number of nitrogens with one attached hydrogen (secondary N) is 1. The Balaban J connectivity index is 1.80. The summed E-state index contributed by atoms with van der Waals surface area (Å²) < 4.78 is 24.8. The Morgan fingerprint density at radius 2 is 1.91 bits per heavy atom. The first-order valence-corrected chi connectivity index (χ1v) is 9.26. The molecule has 0 saturated carbocycles. The van der Waals surface area contributed by atoms with E-state index in [-0.39, 0.29) is 12.5 Å². The number of hydrogen-bond donors (Lipinski definition) is 1. The monoisotopic (exact) mass is 330 g/mol. The first-order chi connectivity index (χ1) is 10.9. The second kappa shape index (κ2) is 6.14. The van der Waals surface area contributed by atoms with E-state index in [0.717, 1.165) is 29.5 Å². The maximum Gasteiger partial charge on any atom is 0.258 e. The number of hydrogen-bond acceptors (Lipinski definition) is 3. The van der Waals surface area contributed by atoms with Crippen molar-refractivity contribution in [1.29, 1.82) is 0 Å². The molecule has 6 heteroatoms. The molecular formula is C17H18N2O3S. The van der Waals surface area contributed by atoms with Gasteiger partial charge >= 0.3 is 0 Å². The van der Waals surface area contributed by atoms with Crippen LogP contribution in [-0.2, 0) is 23.0 Å². The molecule has 1 heterocycles. The molecule has 120 valence electrons. The van der Waals surface area contributed by atoms with Gasteiger partial charge in [-0.05, 0) is 35.7 Å². The third kappa shape index (κ3) is 3.60. The molecule has 0 unspecified atom stereocenters. The van der Waals surface area contributed by atoms with E-state index in [0.29, 0.717) is 12.1 Å². The fraction of sp³-hybridized carbons (Fsp3) is 0.235. The predicted octanol–water partition coefficient (Wildman–Crippen LogP) is 1.94. The molecule has 1 N–H and O–H groups in total. The highest BCUT2D eigenvalue weighted by Gasteiger charge is 2.25. The van der Waals surface area contributed by atoms with Crippen molar-refractivity contribution >= 4 is 21.6 Å². The molecule has 0 saturated heterocycles. The molecular weight excluding hydrogens is 312 g/mol. The lowest BCUT2D eigenvalue weighted by Crippen LogP contribution is -2.28. The van der Waals surface area contributed by atoms with E-state index in [4.69, 9.17) is 0 Å². The number of fused-ring (bicyclic) bond motifs is 1. The fourth-order valence-corrected chi connectivity index (χ4v) is 3.16. The predicted molar refractivity (Wildman–Crippen MR) is 89.9 cm³/mol. The number of sulfonamides is 1. The van der Waals surface area contributed by atoms with Crippen LogP contribution < -0.4 is 9.62 Å². The van der Waals surface area contributed by atoms with Gasteiger partial charge in [-0.25, -0.2) is 13.1 Å². The van der Waals surface area contributed by atoms with E-state index < -0.39 is 10.0 Å². The molecule has 3 rings (SSSR count). The molecule has 23 heavy (non-hydrogen) atoms. The van der Waals surface area contributed by atoms with E-state index >= 15 is 0 Å². The molecule has 5 nitrogen and oxygen atoms in total. The number of benzene rings is 2. The van der Waals surface area contributed by atoms with E-state index in [9.17, 15) is 13.2 Å². The number of carbonyl (C=O) groups is 1. The number of carbonyl (C=O) groups excluding carboxylic acids is 1. The first-order valence-electron chi connectivity index (χ1n) is 7.37. The van der Waals surface area contributed by atoms with Gasteiger partial charge in [-0.15, -0.1) is 0 Å². The molecule has 0 aliphatic carbocycles. The van der Waals surface area contributed by atoms with Crippen molar-refractivity contribution in [3.05, 3.63) is 65.2 Å². The molecule has 0 fully saturated rings. The summed E-state index contributed by atoms with van der Waals surface area (Å²) in [6.07, 6.45) is 1.92. The second-order valence-electron chi connectivity index (χ2n) is 5.63. The van der Waals surface area contributed by atoms with Crippen molar-refractivity contribution in [2.75, 3.05) is 17.7 Å². The Labute approximate surface area is 136 Å². The minimum absolute atomic E-state index is 0.00800. The second-order valence-corrected chi connectivity index (χ2v) is 7.46. The van der Waals surface area contributed by atoms with Crippen molar-refractivity contribution < 1.29 is 13.2 Å². The highest BCUT2D eigenvalue weighted by atomic mass is 32.2. The average Bonchev–Trinajstić information content (AvgIpc) is 2.95. The third-order valence-electron chi connectivity index (χ3n) is 3.84. The van der Waals surface area contributed by atoms with Crippen LogP contribution in [0.1, 0.15) is 21.5 Å². The topological polar surface area (TPSA) is 66.5 Å². The van der Waals surface area contributed by atoms with Crippen LogP contribution in [0.5, 0.6) is 0 Å². The van der Waals surface area contributed by atoms with Gasteiger partial charge in [0.1, 0.15) is 0 Å². The van der Waals surface area contributed by atoms with Crippen molar-refractivity contribution in [2.45, 2.75) is 13.0 Å². The standard InChI is InChI=1S/C17H18N2O3S/c1-23(21,22)18-12-13-7-8-16-15(11-13)9-10-19(16)17(20)14-5-3-2-4-6-14/h2-8,11,18H,9-10,12H2,1H3. The Morgan fingerprint density at radius 1 is 1.17 bits per heavy atom. The molecule has 1 amide bonds. The zero-order chi connectivity index (χ0) is 16.4. The average molecular weight is 330 g/mol. The van der Waals surface area contributed by atoms with Gasteiger partial charge in [-0.1, -0.05) is 30.3 Å². The third-order valence-corrected chi connectivity index (χ3v) is 4.51. The summed E-state index contributed by atoms with van der Waals surface area (Å²) in [6.45, 7) is 0.908. The summed E-state index contributed by atoms with van der Waals surface area (Å²) in [5.41, 5.74) is 3.54. The van der Waals surface area contributed by atoms with Gasteiger partial charge in [0.15, 0.2) is 0 Å². The maximum absolute atomic E-state index is 12.6. The minimum Gasteiger partial charge on any atom is -0.308 e. The summed E-state index contributed by atoms with van der Waals surface area (Å²) >= 11 is 0. The quantitative estimate of drug-likeness (QED) is 0.931. The Hall–Kier alpha value is -2.18. The van der Waals surface area contributed by atoms with Gasteiger partial charge in [0, 0.05) is 24.3 Å². The van der Waals surface area contributed by atoms with Crippen LogP contribution in [0.25, 0.3) is 0 Å². The summed E-state index contributed by atoms with van der Waals surface area (Å²) in [7, 11) is -3.21. The van der Waals surface area contributed by atoms with E-state index in [1.165, 1.54) is 0 Å². The molecule has 0 atom stereocenters. The minimum atomic E-state index is -3.21. The molecule has 2 aromatic rings. The molecule has 1 aliphatic rings. The molecule has 0 aromatic heterocycles. The normalized spacial score (nSPS) is 13.9. The van der Waals surface area contributed by atoms with Crippen molar-refractivity contribution in [2.24, 2.45) is 0 Å². The zero-order valence-corrected chi connectivity index (χ0v) is 13.6. The van der Waals surface area contributed by atoms with Crippen LogP contribution in [0.15, 0.2) is 48.5 Å². The lowest BCUT2D eigenvalue weighted by atomic mass is 10.1. The van der Waals surface area contributed by atoms with Crippen molar-refractivity contribution in [3.63, 3.8) is 0 Å².